The highest BCUT2D eigenvalue weighted by Gasteiger charge is 2.49. The predicted octanol–water partition coefficient (Wildman–Crippen LogP) is 3.95. The first-order chi connectivity index (χ1) is 10.8. The monoisotopic (exact) mass is 345 g/mol. The van der Waals surface area contributed by atoms with Crippen LogP contribution in [0.5, 0.6) is 11.5 Å². The quantitative estimate of drug-likeness (QED) is 0.653. The summed E-state index contributed by atoms with van der Waals surface area (Å²) < 4.78 is 59.4. The number of nitrogens with two attached hydrogens (primary N) is 1. The zero-order chi connectivity index (χ0) is 16.8. The zero-order valence-electron chi connectivity index (χ0n) is 11.5. The first kappa shape index (κ1) is 16.1. The molecule has 3 N–H and O–H groups in total. The molecule has 122 valence electrons. The molecule has 3 rings (SSSR count). The molecular weight excluding hydrogens is 334 g/mol. The van der Waals surface area contributed by atoms with Crippen molar-refractivity contribution in [2.45, 2.75) is 23.3 Å². The van der Waals surface area contributed by atoms with Crippen LogP contribution in [0.15, 0.2) is 35.2 Å². The Kier molecular flexibility index (Phi) is 3.99. The lowest BCUT2D eigenvalue weighted by molar-refractivity contribution is -0.0976. The highest BCUT2D eigenvalue weighted by molar-refractivity contribution is 7.97. The minimum absolute atomic E-state index is 0.000903. The number of fused-ring (bicyclic) bond motifs is 1. The fourth-order valence-electron chi connectivity index (χ4n) is 2.56. The molecule has 1 unspecified atom stereocenters. The van der Waals surface area contributed by atoms with E-state index in [-0.39, 0.29) is 22.6 Å². The molecule has 0 amide bonds. The molecular formula is C15H11F4NO2S. The van der Waals surface area contributed by atoms with Gasteiger partial charge in [0, 0.05) is 40.6 Å². The molecule has 1 aliphatic carbocycles. The van der Waals surface area contributed by atoms with Crippen LogP contribution in [0, 0.1) is 11.6 Å². The van der Waals surface area contributed by atoms with Crippen LogP contribution in [0.2, 0.25) is 0 Å². The van der Waals surface area contributed by atoms with Crippen molar-refractivity contribution in [1.82, 2.24) is 0 Å². The van der Waals surface area contributed by atoms with Crippen molar-refractivity contribution in [3.05, 3.63) is 53.1 Å². The Hall–Kier alpha value is -1.77. The van der Waals surface area contributed by atoms with Crippen LogP contribution >= 0.6 is 11.9 Å². The molecule has 0 heterocycles. The summed E-state index contributed by atoms with van der Waals surface area (Å²) in [5.74, 6) is -5.23. The van der Waals surface area contributed by atoms with Crippen LogP contribution < -0.4 is 9.88 Å². The average molecular weight is 345 g/mol. The Bertz CT molecular complexity index is 749. The van der Waals surface area contributed by atoms with Gasteiger partial charge >= 0.3 is 0 Å². The molecule has 0 spiro atoms. The third kappa shape index (κ3) is 2.89. The minimum Gasteiger partial charge on any atom is -0.457 e. The summed E-state index contributed by atoms with van der Waals surface area (Å²) in [6.45, 7) is 0. The summed E-state index contributed by atoms with van der Waals surface area (Å²) in [6.07, 6.45) is -2.75. The Balaban J connectivity index is 2.05. The molecule has 0 saturated heterocycles. The van der Waals surface area contributed by atoms with E-state index < -0.39 is 30.1 Å². The second-order valence-corrected chi connectivity index (χ2v) is 5.80. The van der Waals surface area contributed by atoms with E-state index in [4.69, 9.17) is 9.88 Å². The second kappa shape index (κ2) is 5.70. The number of hydrogen-bond acceptors (Lipinski definition) is 4. The SMILES string of the molecule is NSc1ccc(Oc2cc(F)cc(F)c2)c2c1C(O)C(F)(F)C2. The maximum atomic E-state index is 13.8. The van der Waals surface area contributed by atoms with E-state index in [1.807, 2.05) is 0 Å². The lowest BCUT2D eigenvalue weighted by Gasteiger charge is -2.15. The molecule has 0 saturated carbocycles. The smallest absolute Gasteiger partial charge is 0.281 e. The standard InChI is InChI=1S/C15H11F4NO2S/c16-7-3-8(17)5-9(4-7)22-11-1-2-12(23-20)13-10(11)6-15(18,19)14(13)21/h1-5,14,21H,6,20H2. The molecule has 23 heavy (non-hydrogen) atoms. The van der Waals surface area contributed by atoms with Gasteiger partial charge in [0.2, 0.25) is 0 Å². The van der Waals surface area contributed by atoms with Crippen LogP contribution in [0.1, 0.15) is 17.2 Å². The molecule has 0 radical (unpaired) electrons. The lowest BCUT2D eigenvalue weighted by atomic mass is 10.1. The number of ether oxygens (including phenoxy) is 1. The van der Waals surface area contributed by atoms with Crippen LogP contribution in [0.3, 0.4) is 0 Å². The van der Waals surface area contributed by atoms with Gasteiger partial charge in [-0.3, -0.25) is 5.14 Å². The molecule has 0 aliphatic heterocycles. The van der Waals surface area contributed by atoms with Crippen molar-refractivity contribution in [3.63, 3.8) is 0 Å². The van der Waals surface area contributed by atoms with E-state index in [9.17, 15) is 22.7 Å². The number of alkyl halides is 2. The molecule has 0 aromatic heterocycles. The molecule has 1 atom stereocenters. The van der Waals surface area contributed by atoms with Crippen molar-refractivity contribution in [2.24, 2.45) is 5.14 Å². The maximum absolute atomic E-state index is 13.8. The molecule has 2 aromatic rings. The van der Waals surface area contributed by atoms with Crippen LogP contribution in [0.4, 0.5) is 17.6 Å². The highest BCUT2D eigenvalue weighted by Crippen LogP contribution is 2.50. The number of rotatable bonds is 3. The number of aliphatic hydroxyl groups is 1. The summed E-state index contributed by atoms with van der Waals surface area (Å²) in [4.78, 5) is 0.294. The average Bonchev–Trinajstić information content (AvgIpc) is 2.70. The van der Waals surface area contributed by atoms with Crippen molar-refractivity contribution in [1.29, 1.82) is 0 Å². The molecule has 3 nitrogen and oxygen atoms in total. The first-order valence-corrected chi connectivity index (χ1v) is 7.42. The lowest BCUT2D eigenvalue weighted by Crippen LogP contribution is -2.21. The largest absolute Gasteiger partial charge is 0.457 e. The molecule has 2 aromatic carbocycles. The van der Waals surface area contributed by atoms with Gasteiger partial charge in [-0.1, -0.05) is 0 Å². The first-order valence-electron chi connectivity index (χ1n) is 6.54. The van der Waals surface area contributed by atoms with Gasteiger partial charge in [0.25, 0.3) is 5.92 Å². The zero-order valence-corrected chi connectivity index (χ0v) is 12.3. The Morgan fingerprint density at radius 1 is 1.17 bits per heavy atom. The van der Waals surface area contributed by atoms with Gasteiger partial charge < -0.3 is 9.84 Å². The van der Waals surface area contributed by atoms with E-state index in [2.05, 4.69) is 0 Å². The molecule has 0 bridgehead atoms. The van der Waals surface area contributed by atoms with E-state index >= 15 is 0 Å². The third-order valence-electron chi connectivity index (χ3n) is 3.55. The Morgan fingerprint density at radius 3 is 2.43 bits per heavy atom. The Labute approximate surface area is 133 Å². The van der Waals surface area contributed by atoms with Gasteiger partial charge in [0.1, 0.15) is 29.2 Å². The van der Waals surface area contributed by atoms with Crippen LogP contribution in [-0.2, 0) is 6.42 Å². The van der Waals surface area contributed by atoms with Crippen LogP contribution in [0.25, 0.3) is 0 Å². The number of halogens is 4. The third-order valence-corrected chi connectivity index (χ3v) is 4.16. The van der Waals surface area contributed by atoms with Gasteiger partial charge in [0.05, 0.1) is 0 Å². The van der Waals surface area contributed by atoms with Crippen molar-refractivity contribution in [2.75, 3.05) is 0 Å². The predicted molar refractivity (Wildman–Crippen MR) is 76.5 cm³/mol. The fourth-order valence-corrected chi connectivity index (χ4v) is 3.07. The summed E-state index contributed by atoms with van der Waals surface area (Å²) >= 11 is 0.730. The van der Waals surface area contributed by atoms with E-state index in [0.29, 0.717) is 11.0 Å². The van der Waals surface area contributed by atoms with E-state index in [0.717, 1.165) is 24.1 Å². The van der Waals surface area contributed by atoms with Crippen LogP contribution in [-0.4, -0.2) is 11.0 Å². The molecule has 1 aliphatic rings. The van der Waals surface area contributed by atoms with Gasteiger partial charge in [0.15, 0.2) is 0 Å². The van der Waals surface area contributed by atoms with Crippen molar-refractivity contribution >= 4 is 11.9 Å². The van der Waals surface area contributed by atoms with Gasteiger partial charge in [-0.15, -0.1) is 0 Å². The summed E-state index contributed by atoms with van der Waals surface area (Å²) in [5, 5.41) is 15.2. The van der Waals surface area contributed by atoms with Gasteiger partial charge in [-0.2, -0.15) is 0 Å². The highest BCUT2D eigenvalue weighted by atomic mass is 32.2. The summed E-state index contributed by atoms with van der Waals surface area (Å²) in [7, 11) is 0. The number of aliphatic hydroxyl groups excluding tert-OH is 1. The van der Waals surface area contributed by atoms with E-state index in [1.54, 1.807) is 0 Å². The second-order valence-electron chi connectivity index (χ2n) is 5.12. The van der Waals surface area contributed by atoms with Gasteiger partial charge in [-0.25, -0.2) is 17.6 Å². The number of hydrogen-bond donors (Lipinski definition) is 2. The summed E-state index contributed by atoms with van der Waals surface area (Å²) in [5.41, 5.74) is 0.0551. The number of benzene rings is 2. The minimum atomic E-state index is -3.36. The molecule has 8 heteroatoms. The normalized spacial score (nSPS) is 18.8. The van der Waals surface area contributed by atoms with Crippen molar-refractivity contribution < 1.29 is 27.4 Å². The maximum Gasteiger partial charge on any atom is 0.281 e. The van der Waals surface area contributed by atoms with E-state index in [1.165, 1.54) is 12.1 Å². The molecule has 0 fully saturated rings. The van der Waals surface area contributed by atoms with Crippen molar-refractivity contribution in [3.8, 4) is 11.5 Å². The topological polar surface area (TPSA) is 55.5 Å². The summed E-state index contributed by atoms with van der Waals surface area (Å²) in [6, 6.07) is 5.34. The Morgan fingerprint density at radius 2 is 1.83 bits per heavy atom. The van der Waals surface area contributed by atoms with Gasteiger partial charge in [-0.05, 0) is 24.1 Å². The fraction of sp³-hybridized carbons (Fsp3) is 0.200.